The van der Waals surface area contributed by atoms with E-state index in [0.717, 1.165) is 21.3 Å². The first-order chi connectivity index (χ1) is 14.9. The summed E-state index contributed by atoms with van der Waals surface area (Å²) in [5, 5.41) is 3.32. The van der Waals surface area contributed by atoms with Crippen molar-refractivity contribution in [3.05, 3.63) is 92.5 Å². The van der Waals surface area contributed by atoms with Gasteiger partial charge in [0, 0.05) is 33.8 Å². The number of nitrogens with one attached hydrogen (secondary N) is 1. The van der Waals surface area contributed by atoms with Crippen molar-refractivity contribution in [2.24, 2.45) is 0 Å². The Labute approximate surface area is 189 Å². The summed E-state index contributed by atoms with van der Waals surface area (Å²) in [7, 11) is 0. The summed E-state index contributed by atoms with van der Waals surface area (Å²) in [6.45, 7) is 3.86. The highest BCUT2D eigenvalue weighted by atomic mass is 79.9. The second-order valence-electron chi connectivity index (χ2n) is 7.81. The number of hydrogen-bond donors (Lipinski definition) is 1. The van der Waals surface area contributed by atoms with Gasteiger partial charge in [-0.25, -0.2) is 9.18 Å². The van der Waals surface area contributed by atoms with Gasteiger partial charge in [0.1, 0.15) is 5.82 Å². The van der Waals surface area contributed by atoms with Gasteiger partial charge in [0.05, 0.1) is 12.2 Å². The van der Waals surface area contributed by atoms with Crippen molar-refractivity contribution in [2.45, 2.75) is 38.5 Å². The number of carbonyl (C=O) groups excluding carboxylic acids is 2. The first-order valence-electron chi connectivity index (χ1n) is 10.3. The van der Waals surface area contributed by atoms with Crippen LogP contribution in [0.5, 0.6) is 0 Å². The molecule has 0 fully saturated rings. The van der Waals surface area contributed by atoms with Crippen LogP contribution in [-0.4, -0.2) is 18.4 Å². The number of carbonyl (C=O) groups is 2. The fourth-order valence-corrected chi connectivity index (χ4v) is 5.02. The Kier molecular flexibility index (Phi) is 6.10. The highest BCUT2D eigenvalue weighted by Crippen LogP contribution is 2.47. The lowest BCUT2D eigenvalue weighted by Crippen LogP contribution is -2.36. The standard InChI is InChI=1S/C25H23BrFNO3/c1-3-31-25(30)22-14(2)28-20-12-16(15-8-10-17(27)11-9-15)13-21(29)24(20)23(22)18-6-4-5-7-19(18)26/h4-11,16,23,28H,3,12-13H2,1-2H3. The summed E-state index contributed by atoms with van der Waals surface area (Å²) in [6.07, 6.45) is 0.920. The van der Waals surface area contributed by atoms with Gasteiger partial charge in [-0.3, -0.25) is 4.79 Å². The smallest absolute Gasteiger partial charge is 0.336 e. The highest BCUT2D eigenvalue weighted by molar-refractivity contribution is 9.10. The van der Waals surface area contributed by atoms with Crippen LogP contribution in [0.2, 0.25) is 0 Å². The number of hydrogen-bond acceptors (Lipinski definition) is 4. The molecule has 2 aromatic rings. The van der Waals surface area contributed by atoms with Crippen molar-refractivity contribution in [1.82, 2.24) is 5.32 Å². The maximum Gasteiger partial charge on any atom is 0.336 e. The lowest BCUT2D eigenvalue weighted by atomic mass is 9.72. The summed E-state index contributed by atoms with van der Waals surface area (Å²) in [5.74, 6) is -1.29. The van der Waals surface area contributed by atoms with Crippen LogP contribution in [0.25, 0.3) is 0 Å². The van der Waals surface area contributed by atoms with E-state index in [0.29, 0.717) is 29.7 Å². The third kappa shape index (κ3) is 4.09. The van der Waals surface area contributed by atoms with Crippen molar-refractivity contribution in [3.8, 4) is 0 Å². The summed E-state index contributed by atoms with van der Waals surface area (Å²) >= 11 is 3.59. The Balaban J connectivity index is 1.81. The van der Waals surface area contributed by atoms with Gasteiger partial charge in [0.15, 0.2) is 5.78 Å². The molecule has 0 radical (unpaired) electrons. The monoisotopic (exact) mass is 483 g/mol. The molecule has 31 heavy (non-hydrogen) atoms. The van der Waals surface area contributed by atoms with Gasteiger partial charge in [-0.05, 0) is 55.5 Å². The maximum absolute atomic E-state index is 13.4. The van der Waals surface area contributed by atoms with Gasteiger partial charge < -0.3 is 10.1 Å². The normalized spacial score (nSPS) is 21.0. The zero-order chi connectivity index (χ0) is 22.1. The zero-order valence-corrected chi connectivity index (χ0v) is 19.0. The van der Waals surface area contributed by atoms with E-state index in [4.69, 9.17) is 4.74 Å². The van der Waals surface area contributed by atoms with Crippen molar-refractivity contribution in [1.29, 1.82) is 0 Å². The molecule has 1 N–H and O–H groups in total. The molecule has 1 aliphatic heterocycles. The number of ether oxygens (including phenoxy) is 1. The number of ketones is 1. The number of Topliss-reactive ketones (excluding diaryl/α,β-unsaturated/α-hetero) is 1. The third-order valence-corrected chi connectivity index (χ3v) is 6.60. The number of benzene rings is 2. The van der Waals surface area contributed by atoms with E-state index in [1.807, 2.05) is 31.2 Å². The molecule has 0 saturated carbocycles. The van der Waals surface area contributed by atoms with E-state index in [1.165, 1.54) is 12.1 Å². The van der Waals surface area contributed by atoms with Crippen molar-refractivity contribution >= 4 is 27.7 Å². The van der Waals surface area contributed by atoms with Gasteiger partial charge in [-0.2, -0.15) is 0 Å². The summed E-state index contributed by atoms with van der Waals surface area (Å²) in [6, 6.07) is 13.9. The van der Waals surface area contributed by atoms with Crippen LogP contribution in [0.1, 0.15) is 49.7 Å². The molecule has 0 spiro atoms. The zero-order valence-electron chi connectivity index (χ0n) is 17.4. The van der Waals surface area contributed by atoms with Gasteiger partial charge in [0.25, 0.3) is 0 Å². The molecular weight excluding hydrogens is 461 g/mol. The molecule has 2 unspecified atom stereocenters. The molecule has 0 saturated heterocycles. The molecule has 4 rings (SSSR count). The Morgan fingerprint density at radius 2 is 1.87 bits per heavy atom. The molecule has 2 atom stereocenters. The third-order valence-electron chi connectivity index (χ3n) is 5.88. The maximum atomic E-state index is 13.4. The van der Waals surface area contributed by atoms with Crippen molar-refractivity contribution < 1.29 is 18.7 Å². The Morgan fingerprint density at radius 3 is 2.55 bits per heavy atom. The fourth-order valence-electron chi connectivity index (χ4n) is 4.51. The average Bonchev–Trinajstić information content (AvgIpc) is 2.73. The van der Waals surface area contributed by atoms with Crippen molar-refractivity contribution in [3.63, 3.8) is 0 Å². The molecular formula is C25H23BrFNO3. The van der Waals surface area contributed by atoms with Crippen LogP contribution in [0.3, 0.4) is 0 Å². The molecule has 2 aliphatic rings. The van der Waals surface area contributed by atoms with E-state index in [1.54, 1.807) is 19.1 Å². The Morgan fingerprint density at radius 1 is 1.16 bits per heavy atom. The van der Waals surface area contributed by atoms with Crippen LogP contribution >= 0.6 is 15.9 Å². The minimum Gasteiger partial charge on any atom is -0.463 e. The lowest BCUT2D eigenvalue weighted by molar-refractivity contribution is -0.138. The highest BCUT2D eigenvalue weighted by Gasteiger charge is 2.41. The summed E-state index contributed by atoms with van der Waals surface area (Å²) in [5.41, 5.74) is 4.35. The number of dihydropyridines is 1. The number of allylic oxidation sites excluding steroid dienone is 3. The van der Waals surface area contributed by atoms with Crippen LogP contribution in [0, 0.1) is 5.82 Å². The Bertz CT molecular complexity index is 1100. The van der Waals surface area contributed by atoms with Crippen LogP contribution in [-0.2, 0) is 14.3 Å². The Hall–Kier alpha value is -2.73. The van der Waals surface area contributed by atoms with Crippen LogP contribution < -0.4 is 5.32 Å². The first kappa shape index (κ1) is 21.5. The number of rotatable bonds is 4. The molecule has 0 bridgehead atoms. The van der Waals surface area contributed by atoms with E-state index in [9.17, 15) is 14.0 Å². The van der Waals surface area contributed by atoms with E-state index < -0.39 is 11.9 Å². The molecule has 1 heterocycles. The predicted octanol–water partition coefficient (Wildman–Crippen LogP) is 5.51. The van der Waals surface area contributed by atoms with Crippen LogP contribution in [0.4, 0.5) is 4.39 Å². The summed E-state index contributed by atoms with van der Waals surface area (Å²) < 4.78 is 19.5. The van der Waals surface area contributed by atoms with Crippen molar-refractivity contribution in [2.75, 3.05) is 6.61 Å². The van der Waals surface area contributed by atoms with Gasteiger partial charge >= 0.3 is 5.97 Å². The van der Waals surface area contributed by atoms with E-state index in [-0.39, 0.29) is 24.1 Å². The fraction of sp³-hybridized carbons (Fsp3) is 0.280. The number of halogens is 2. The van der Waals surface area contributed by atoms with Gasteiger partial charge in [-0.15, -0.1) is 0 Å². The second kappa shape index (κ2) is 8.79. The quantitative estimate of drug-likeness (QED) is 0.582. The van der Waals surface area contributed by atoms with E-state index in [2.05, 4.69) is 21.2 Å². The van der Waals surface area contributed by atoms with Gasteiger partial charge in [-0.1, -0.05) is 46.3 Å². The second-order valence-corrected chi connectivity index (χ2v) is 8.67. The lowest BCUT2D eigenvalue weighted by Gasteiger charge is -2.37. The topological polar surface area (TPSA) is 55.4 Å². The van der Waals surface area contributed by atoms with Gasteiger partial charge in [0.2, 0.25) is 0 Å². The minimum absolute atomic E-state index is 0.0156. The molecule has 0 amide bonds. The average molecular weight is 484 g/mol. The molecule has 160 valence electrons. The SMILES string of the molecule is CCOC(=O)C1=C(C)NC2=C(C(=O)CC(c3ccc(F)cc3)C2)C1c1ccccc1Br. The first-order valence-corrected chi connectivity index (χ1v) is 11.1. The summed E-state index contributed by atoms with van der Waals surface area (Å²) in [4.78, 5) is 26.3. The molecule has 0 aromatic heterocycles. The molecule has 2 aromatic carbocycles. The molecule has 6 heteroatoms. The van der Waals surface area contributed by atoms with Crippen LogP contribution in [0.15, 0.2) is 75.5 Å². The molecule has 1 aliphatic carbocycles. The minimum atomic E-state index is -0.507. The van der Waals surface area contributed by atoms with E-state index >= 15 is 0 Å². The number of esters is 1. The predicted molar refractivity (Wildman–Crippen MR) is 120 cm³/mol. The molecule has 4 nitrogen and oxygen atoms in total. The largest absolute Gasteiger partial charge is 0.463 e.